The minimum absolute atomic E-state index is 0.0267. The molecule has 1 aromatic heterocycles. The molecule has 4 aliphatic rings. The lowest BCUT2D eigenvalue weighted by Crippen LogP contribution is -2.51. The molecule has 2 bridgehead atoms. The monoisotopic (exact) mass is 602 g/mol. The van der Waals surface area contributed by atoms with E-state index >= 15 is 4.39 Å². The highest BCUT2D eigenvalue weighted by molar-refractivity contribution is 5.95. The number of pyridine rings is 1. The van der Waals surface area contributed by atoms with Crippen LogP contribution < -0.4 is 0 Å². The molecule has 9 nitrogen and oxygen atoms in total. The van der Waals surface area contributed by atoms with Crippen LogP contribution in [0, 0.1) is 29.0 Å². The third kappa shape index (κ3) is 5.58. The summed E-state index contributed by atoms with van der Waals surface area (Å²) < 4.78 is 26.9. The highest BCUT2D eigenvalue weighted by Gasteiger charge is 2.52. The van der Waals surface area contributed by atoms with Crippen LogP contribution in [0.25, 0.3) is 11.3 Å². The Hall–Kier alpha value is -3.84. The van der Waals surface area contributed by atoms with E-state index in [0.29, 0.717) is 35.2 Å². The zero-order valence-corrected chi connectivity index (χ0v) is 25.8. The van der Waals surface area contributed by atoms with E-state index in [9.17, 15) is 19.6 Å². The number of piperidine rings is 2. The first-order valence-electron chi connectivity index (χ1n) is 15.5. The molecule has 2 saturated heterocycles. The van der Waals surface area contributed by atoms with Crippen molar-refractivity contribution in [3.63, 3.8) is 0 Å². The zero-order valence-electron chi connectivity index (χ0n) is 25.8. The van der Waals surface area contributed by atoms with Gasteiger partial charge in [-0.1, -0.05) is 12.1 Å². The van der Waals surface area contributed by atoms with E-state index < -0.39 is 35.1 Å². The van der Waals surface area contributed by atoms with Gasteiger partial charge in [0, 0.05) is 55.7 Å². The molecule has 232 valence electrons. The normalized spacial score (nSPS) is 24.6. The predicted octanol–water partition coefficient (Wildman–Crippen LogP) is 5.41. The van der Waals surface area contributed by atoms with Crippen molar-refractivity contribution < 1.29 is 28.2 Å². The molecule has 1 spiro atoms. The number of nitriles is 1. The topological polar surface area (TPSA) is 113 Å². The Kier molecular flexibility index (Phi) is 7.73. The Morgan fingerprint density at radius 3 is 2.66 bits per heavy atom. The number of halogens is 1. The van der Waals surface area contributed by atoms with Gasteiger partial charge in [-0.15, -0.1) is 0 Å². The largest absolute Gasteiger partial charge is 0.450 e. The van der Waals surface area contributed by atoms with Gasteiger partial charge in [0.15, 0.2) is 5.78 Å². The third-order valence-corrected chi connectivity index (χ3v) is 9.66. The summed E-state index contributed by atoms with van der Waals surface area (Å²) in [5, 5.41) is 9.93. The molecule has 0 radical (unpaired) electrons. The number of carbonyl (C=O) groups is 3. The number of benzene rings is 1. The van der Waals surface area contributed by atoms with Crippen molar-refractivity contribution in [2.45, 2.75) is 89.0 Å². The van der Waals surface area contributed by atoms with Crippen LogP contribution in [0.15, 0.2) is 30.5 Å². The van der Waals surface area contributed by atoms with E-state index in [1.54, 1.807) is 37.8 Å². The standard InChI is InChI=1S/C34H39FN4O5/c1-33(2,3)44-32(42)39-24-8-7-23(15-24)30(39)29(40)14-20(18-36)13-21-5-6-22(16-27(21)35)28-17-26-25(19-37-28)31(41)43-34(26)9-11-38(4)12-10-34/h5-6,16-17,19-20,23-24,30H,7-15H2,1-4H3/t20-,23+,24-,30+/m1/s1. The lowest BCUT2D eigenvalue weighted by Gasteiger charge is -2.37. The number of Topliss-reactive ketones (excluding diaryl/α,β-unsaturated/α-hetero) is 1. The number of ether oxygens (including phenoxy) is 2. The number of esters is 1. The fraction of sp³-hybridized carbons (Fsp3) is 0.559. The van der Waals surface area contributed by atoms with Crippen LogP contribution in [-0.4, -0.2) is 70.5 Å². The molecule has 0 N–H and O–H groups in total. The Bertz CT molecular complexity index is 1540. The summed E-state index contributed by atoms with van der Waals surface area (Å²) in [5.74, 6) is -1.72. The number of likely N-dealkylation sites (tertiary alicyclic amines) is 2. The Morgan fingerprint density at radius 2 is 1.98 bits per heavy atom. The van der Waals surface area contributed by atoms with Crippen molar-refractivity contribution >= 4 is 17.8 Å². The first-order chi connectivity index (χ1) is 20.9. The van der Waals surface area contributed by atoms with E-state index in [4.69, 9.17) is 9.47 Å². The van der Waals surface area contributed by atoms with Crippen molar-refractivity contribution in [2.24, 2.45) is 11.8 Å². The van der Waals surface area contributed by atoms with Gasteiger partial charge in [-0.3, -0.25) is 14.7 Å². The Balaban J connectivity index is 1.16. The Labute approximate surface area is 257 Å². The van der Waals surface area contributed by atoms with Crippen LogP contribution in [0.1, 0.15) is 80.8 Å². The molecule has 0 unspecified atom stereocenters. The van der Waals surface area contributed by atoms with Crippen molar-refractivity contribution in [3.05, 3.63) is 53.0 Å². The van der Waals surface area contributed by atoms with E-state index in [-0.39, 0.29) is 36.6 Å². The molecule has 1 amide bonds. The quantitative estimate of drug-likeness (QED) is 0.404. The van der Waals surface area contributed by atoms with Crippen molar-refractivity contribution in [1.82, 2.24) is 14.8 Å². The number of aromatic nitrogens is 1. The fourth-order valence-electron chi connectivity index (χ4n) is 7.44. The number of fused-ring (bicyclic) bond motifs is 4. The second-order valence-corrected chi connectivity index (χ2v) is 13.9. The molecule has 10 heteroatoms. The van der Waals surface area contributed by atoms with Crippen LogP contribution in [0.2, 0.25) is 0 Å². The molecule has 6 rings (SSSR count). The summed E-state index contributed by atoms with van der Waals surface area (Å²) in [6, 6.07) is 8.16. The maximum Gasteiger partial charge on any atom is 0.411 e. The minimum atomic E-state index is -0.743. The summed E-state index contributed by atoms with van der Waals surface area (Å²) in [4.78, 5) is 47.3. The number of carbonyl (C=O) groups excluding carboxylic acids is 3. The Morgan fingerprint density at radius 1 is 1.23 bits per heavy atom. The van der Waals surface area contributed by atoms with Crippen molar-refractivity contribution in [1.29, 1.82) is 5.26 Å². The average molecular weight is 603 g/mol. The van der Waals surface area contributed by atoms with E-state index in [1.807, 2.05) is 13.1 Å². The van der Waals surface area contributed by atoms with E-state index in [2.05, 4.69) is 16.0 Å². The van der Waals surface area contributed by atoms with Crippen LogP contribution in [-0.2, 0) is 26.3 Å². The van der Waals surface area contributed by atoms with Gasteiger partial charge >= 0.3 is 12.1 Å². The third-order valence-electron chi connectivity index (χ3n) is 9.66. The molecule has 4 atom stereocenters. The lowest BCUT2D eigenvalue weighted by molar-refractivity contribution is -0.126. The second-order valence-electron chi connectivity index (χ2n) is 13.9. The van der Waals surface area contributed by atoms with Gasteiger partial charge in [0.25, 0.3) is 0 Å². The molecule has 3 fully saturated rings. The van der Waals surface area contributed by atoms with Gasteiger partial charge in [0.05, 0.1) is 29.3 Å². The number of rotatable bonds is 6. The molecular weight excluding hydrogens is 563 g/mol. The number of amides is 1. The first-order valence-corrected chi connectivity index (χ1v) is 15.5. The number of hydrogen-bond acceptors (Lipinski definition) is 8. The van der Waals surface area contributed by atoms with Gasteiger partial charge in [0.1, 0.15) is 17.0 Å². The summed E-state index contributed by atoms with van der Waals surface area (Å²) in [6.45, 7) is 6.99. The summed E-state index contributed by atoms with van der Waals surface area (Å²) in [7, 11) is 2.04. The van der Waals surface area contributed by atoms with Crippen LogP contribution >= 0.6 is 0 Å². The van der Waals surface area contributed by atoms with Crippen molar-refractivity contribution in [2.75, 3.05) is 20.1 Å². The highest BCUT2D eigenvalue weighted by atomic mass is 19.1. The SMILES string of the molecule is CN1CCC2(CC1)OC(=O)c1cnc(-c3ccc(C[C@@H](C#N)CC(=O)[C@@H]4[C@H]5CC[C@H](C5)N4C(=O)OC(C)(C)C)c(F)c3)cc12. The minimum Gasteiger partial charge on any atom is -0.450 e. The maximum atomic E-state index is 15.5. The zero-order chi connectivity index (χ0) is 31.4. The van der Waals surface area contributed by atoms with Gasteiger partial charge in [-0.05, 0) is 77.1 Å². The van der Waals surface area contributed by atoms with E-state index in [1.165, 1.54) is 12.3 Å². The van der Waals surface area contributed by atoms with Gasteiger partial charge in [0.2, 0.25) is 0 Å². The lowest BCUT2D eigenvalue weighted by atomic mass is 9.83. The summed E-state index contributed by atoms with van der Waals surface area (Å²) >= 11 is 0. The molecular formula is C34H39FN4O5. The van der Waals surface area contributed by atoms with Crippen LogP contribution in [0.3, 0.4) is 0 Å². The van der Waals surface area contributed by atoms with Crippen LogP contribution in [0.4, 0.5) is 9.18 Å². The molecule has 1 aliphatic carbocycles. The molecule has 2 aromatic rings. The smallest absolute Gasteiger partial charge is 0.411 e. The molecule has 4 heterocycles. The summed E-state index contributed by atoms with van der Waals surface area (Å²) in [6.07, 6.45) is 4.86. The van der Waals surface area contributed by atoms with Crippen molar-refractivity contribution in [3.8, 4) is 17.3 Å². The number of hydrogen-bond donors (Lipinski definition) is 0. The first kappa shape index (κ1) is 30.2. The second kappa shape index (κ2) is 11.3. The number of ketones is 1. The average Bonchev–Trinajstić information content (AvgIpc) is 3.67. The van der Waals surface area contributed by atoms with Gasteiger partial charge in [-0.25, -0.2) is 14.0 Å². The van der Waals surface area contributed by atoms with Gasteiger partial charge in [-0.2, -0.15) is 5.26 Å². The summed E-state index contributed by atoms with van der Waals surface area (Å²) in [5.41, 5.74) is 1.32. The van der Waals surface area contributed by atoms with Crippen LogP contribution in [0.5, 0.6) is 0 Å². The van der Waals surface area contributed by atoms with E-state index in [0.717, 1.165) is 37.9 Å². The number of nitrogens with zero attached hydrogens (tertiary/aromatic N) is 4. The predicted molar refractivity (Wildman–Crippen MR) is 159 cm³/mol. The highest BCUT2D eigenvalue weighted by Crippen LogP contribution is 2.46. The molecule has 3 aliphatic heterocycles. The maximum absolute atomic E-state index is 15.5. The van der Waals surface area contributed by atoms with Gasteiger partial charge < -0.3 is 14.4 Å². The fourth-order valence-corrected chi connectivity index (χ4v) is 7.44. The molecule has 1 aromatic carbocycles. The molecule has 44 heavy (non-hydrogen) atoms. The molecule has 1 saturated carbocycles.